The van der Waals surface area contributed by atoms with Crippen LogP contribution in [0.2, 0.25) is 0 Å². The molecule has 7 heteroatoms. The topological polar surface area (TPSA) is 109 Å². The van der Waals surface area contributed by atoms with Gasteiger partial charge < -0.3 is 20.3 Å². The van der Waals surface area contributed by atoms with E-state index in [4.69, 9.17) is 9.84 Å². The molecule has 0 unspecified atom stereocenters. The molecule has 1 heterocycles. The third-order valence-electron chi connectivity index (χ3n) is 3.75. The van der Waals surface area contributed by atoms with Gasteiger partial charge in [-0.2, -0.15) is 0 Å². The first-order chi connectivity index (χ1) is 12.5. The first kappa shape index (κ1) is 17.2. The second-order valence-electron chi connectivity index (χ2n) is 5.65. The summed E-state index contributed by atoms with van der Waals surface area (Å²) < 4.78 is 5.73. The lowest BCUT2D eigenvalue weighted by molar-refractivity contribution is -0.138. The van der Waals surface area contributed by atoms with Gasteiger partial charge in [0.15, 0.2) is 11.4 Å². The highest BCUT2D eigenvalue weighted by molar-refractivity contribution is 6.02. The van der Waals surface area contributed by atoms with E-state index in [-0.39, 0.29) is 11.4 Å². The van der Waals surface area contributed by atoms with Crippen molar-refractivity contribution in [2.45, 2.75) is 13.0 Å². The molecule has 1 aromatic heterocycles. The zero-order chi connectivity index (χ0) is 18.7. The van der Waals surface area contributed by atoms with Crippen LogP contribution in [0, 0.1) is 0 Å². The maximum absolute atomic E-state index is 12.1. The molecular weight excluding hydrogens is 336 g/mol. The summed E-state index contributed by atoms with van der Waals surface area (Å²) >= 11 is 0. The molecule has 7 nitrogen and oxygen atoms in total. The van der Waals surface area contributed by atoms with Gasteiger partial charge in [0.25, 0.3) is 5.91 Å². The molecule has 0 radical (unpaired) electrons. The first-order valence-corrected chi connectivity index (χ1v) is 7.84. The maximum atomic E-state index is 12.1. The summed E-state index contributed by atoms with van der Waals surface area (Å²) in [5.41, 5.74) is -0.234. The van der Waals surface area contributed by atoms with E-state index in [2.05, 4.69) is 10.3 Å². The number of aromatic nitrogens is 1. The minimum atomic E-state index is -1.18. The Labute approximate surface area is 148 Å². The molecule has 132 valence electrons. The summed E-state index contributed by atoms with van der Waals surface area (Å²) in [5, 5.41) is 22.5. The number of fused-ring (bicyclic) bond motifs is 1. The van der Waals surface area contributed by atoms with Crippen LogP contribution >= 0.6 is 0 Å². The molecule has 0 aliphatic carbocycles. The first-order valence-electron chi connectivity index (χ1n) is 7.84. The predicted octanol–water partition coefficient (Wildman–Crippen LogP) is 2.94. The number of hydrogen-bond acceptors (Lipinski definition) is 5. The quantitative estimate of drug-likeness (QED) is 0.651. The van der Waals surface area contributed by atoms with Crippen molar-refractivity contribution in [3.8, 4) is 17.2 Å². The van der Waals surface area contributed by atoms with Gasteiger partial charge in [0, 0.05) is 17.0 Å². The fourth-order valence-electron chi connectivity index (χ4n) is 2.37. The van der Waals surface area contributed by atoms with Crippen LogP contribution in [0.1, 0.15) is 17.4 Å². The summed E-state index contributed by atoms with van der Waals surface area (Å²) in [6.07, 6.45) is 1.42. The number of benzene rings is 2. The lowest BCUT2D eigenvalue weighted by atomic mass is 10.1. The minimum absolute atomic E-state index is 0.234. The molecule has 0 saturated heterocycles. The van der Waals surface area contributed by atoms with E-state index in [1.807, 2.05) is 30.3 Å². The Balaban J connectivity index is 1.89. The Hall–Kier alpha value is -3.61. The molecule has 0 fully saturated rings. The molecule has 0 saturated carbocycles. The number of nitrogens with zero attached hydrogens (tertiary/aromatic N) is 1. The summed E-state index contributed by atoms with van der Waals surface area (Å²) in [6.45, 7) is 1.32. The molecule has 3 aromatic rings. The molecule has 0 aliphatic rings. The Morgan fingerprint density at radius 3 is 2.54 bits per heavy atom. The second kappa shape index (κ2) is 7.10. The normalized spacial score (nSPS) is 11.7. The number of hydrogen-bond donors (Lipinski definition) is 3. The van der Waals surface area contributed by atoms with Gasteiger partial charge in [-0.15, -0.1) is 0 Å². The van der Waals surface area contributed by atoms with Gasteiger partial charge in [-0.25, -0.2) is 4.98 Å². The number of carbonyl (C=O) groups is 2. The fourth-order valence-corrected chi connectivity index (χ4v) is 2.37. The number of rotatable bonds is 5. The Kier molecular flexibility index (Phi) is 4.70. The zero-order valence-corrected chi connectivity index (χ0v) is 13.8. The van der Waals surface area contributed by atoms with Crippen LogP contribution in [0.3, 0.4) is 0 Å². The van der Waals surface area contributed by atoms with Crippen LogP contribution in [0.15, 0.2) is 54.7 Å². The van der Waals surface area contributed by atoms with Gasteiger partial charge in [0.2, 0.25) is 0 Å². The number of amides is 1. The highest BCUT2D eigenvalue weighted by atomic mass is 16.5. The number of carboxylic acids is 1. The molecule has 0 aliphatic heterocycles. The Morgan fingerprint density at radius 1 is 1.12 bits per heavy atom. The van der Waals surface area contributed by atoms with Crippen LogP contribution in [0.4, 0.5) is 0 Å². The molecule has 0 bridgehead atoms. The van der Waals surface area contributed by atoms with Crippen LogP contribution in [-0.2, 0) is 4.79 Å². The summed E-state index contributed by atoms with van der Waals surface area (Å²) in [6, 6.07) is 13.1. The average Bonchev–Trinajstić information content (AvgIpc) is 2.62. The smallest absolute Gasteiger partial charge is 0.325 e. The number of aromatic hydroxyl groups is 1. The molecule has 26 heavy (non-hydrogen) atoms. The largest absolute Gasteiger partial charge is 0.505 e. The highest BCUT2D eigenvalue weighted by Gasteiger charge is 2.20. The van der Waals surface area contributed by atoms with E-state index >= 15 is 0 Å². The summed E-state index contributed by atoms with van der Waals surface area (Å²) in [4.78, 5) is 26.9. The third-order valence-corrected chi connectivity index (χ3v) is 3.75. The summed E-state index contributed by atoms with van der Waals surface area (Å²) in [7, 11) is 0. The van der Waals surface area contributed by atoms with Crippen molar-refractivity contribution in [2.75, 3.05) is 0 Å². The minimum Gasteiger partial charge on any atom is -0.505 e. The van der Waals surface area contributed by atoms with Gasteiger partial charge in [-0.05, 0) is 37.3 Å². The van der Waals surface area contributed by atoms with Gasteiger partial charge in [0.1, 0.15) is 17.5 Å². The fraction of sp³-hybridized carbons (Fsp3) is 0.105. The summed E-state index contributed by atoms with van der Waals surface area (Å²) in [5.74, 6) is -1.03. The predicted molar refractivity (Wildman–Crippen MR) is 94.5 cm³/mol. The van der Waals surface area contributed by atoms with Crippen LogP contribution < -0.4 is 10.1 Å². The number of carbonyl (C=O) groups excluding carboxylic acids is 1. The third kappa shape index (κ3) is 3.56. The van der Waals surface area contributed by atoms with E-state index in [9.17, 15) is 14.7 Å². The van der Waals surface area contributed by atoms with Crippen molar-refractivity contribution in [3.63, 3.8) is 0 Å². The number of aliphatic carboxylic acids is 1. The molecule has 3 N–H and O–H groups in total. The van der Waals surface area contributed by atoms with Gasteiger partial charge >= 0.3 is 5.97 Å². The van der Waals surface area contributed by atoms with E-state index in [0.717, 1.165) is 0 Å². The number of ether oxygens (including phenoxy) is 1. The van der Waals surface area contributed by atoms with Gasteiger partial charge in [0.05, 0.1) is 0 Å². The highest BCUT2D eigenvalue weighted by Crippen LogP contribution is 2.31. The average molecular weight is 352 g/mol. The monoisotopic (exact) mass is 352 g/mol. The number of para-hydroxylation sites is 1. The molecule has 3 rings (SSSR count). The molecule has 1 amide bonds. The van der Waals surface area contributed by atoms with E-state index in [1.54, 1.807) is 18.2 Å². The van der Waals surface area contributed by atoms with E-state index in [1.165, 1.54) is 13.1 Å². The lowest BCUT2D eigenvalue weighted by Crippen LogP contribution is -2.38. The van der Waals surface area contributed by atoms with Crippen molar-refractivity contribution < 1.29 is 24.5 Å². The lowest BCUT2D eigenvalue weighted by Gasteiger charge is -2.11. The van der Waals surface area contributed by atoms with Crippen molar-refractivity contribution in [1.29, 1.82) is 0 Å². The van der Waals surface area contributed by atoms with Crippen molar-refractivity contribution >= 4 is 22.6 Å². The van der Waals surface area contributed by atoms with E-state index in [0.29, 0.717) is 22.3 Å². The van der Waals surface area contributed by atoms with Crippen molar-refractivity contribution in [1.82, 2.24) is 10.3 Å². The number of carboxylic acid groups (broad SMARTS) is 1. The standard InChI is InChI=1S/C19H16N2O5/c1-11(19(24)25)21-18(23)16-17(22)15-8-7-14(9-12(15)10-20-16)26-13-5-3-2-4-6-13/h2-11,22H,1H3,(H,21,23)(H,24,25)/t11-/m1/s1. The molecular formula is C19H16N2O5. The molecule has 1 atom stereocenters. The van der Waals surface area contributed by atoms with Crippen molar-refractivity contribution in [3.05, 3.63) is 60.4 Å². The SMILES string of the molecule is C[C@@H](NC(=O)c1ncc2cc(Oc3ccccc3)ccc2c1O)C(=O)O. The van der Waals surface area contributed by atoms with Gasteiger partial charge in [-0.1, -0.05) is 18.2 Å². The van der Waals surface area contributed by atoms with Gasteiger partial charge in [-0.3, -0.25) is 9.59 Å². The van der Waals surface area contributed by atoms with Crippen LogP contribution in [0.5, 0.6) is 17.2 Å². The Bertz CT molecular complexity index is 972. The Morgan fingerprint density at radius 2 is 1.85 bits per heavy atom. The van der Waals surface area contributed by atoms with Crippen molar-refractivity contribution in [2.24, 2.45) is 0 Å². The zero-order valence-electron chi connectivity index (χ0n) is 13.8. The number of nitrogens with one attached hydrogen (secondary N) is 1. The van der Waals surface area contributed by atoms with Crippen LogP contribution in [-0.4, -0.2) is 33.1 Å². The van der Waals surface area contributed by atoms with E-state index < -0.39 is 17.9 Å². The molecule has 0 spiro atoms. The number of pyridine rings is 1. The molecule has 2 aromatic carbocycles. The second-order valence-corrected chi connectivity index (χ2v) is 5.65. The maximum Gasteiger partial charge on any atom is 0.325 e. The van der Waals surface area contributed by atoms with Crippen LogP contribution in [0.25, 0.3) is 10.8 Å².